The first-order valence-electron chi connectivity index (χ1n) is 11.9. The van der Waals surface area contributed by atoms with E-state index in [-0.39, 0.29) is 22.6 Å². The van der Waals surface area contributed by atoms with Crippen LogP contribution in [0.3, 0.4) is 0 Å². The van der Waals surface area contributed by atoms with Gasteiger partial charge in [0.05, 0.1) is 0 Å². The van der Waals surface area contributed by atoms with Gasteiger partial charge in [-0.15, -0.1) is 0 Å². The third kappa shape index (κ3) is 7.31. The first-order chi connectivity index (χ1) is 18.2. The van der Waals surface area contributed by atoms with Crippen LogP contribution >= 0.6 is 0 Å². The predicted octanol–water partition coefficient (Wildman–Crippen LogP) is 4.50. The number of aromatic nitrogens is 3. The third-order valence-corrected chi connectivity index (χ3v) is 7.13. The van der Waals surface area contributed by atoms with Crippen molar-refractivity contribution in [2.75, 3.05) is 24.4 Å². The fourth-order valence-electron chi connectivity index (χ4n) is 3.46. The molecule has 0 aliphatic carbocycles. The molecule has 2 aromatic heterocycles. The van der Waals surface area contributed by atoms with Gasteiger partial charge >= 0.3 is 229 Å². The SMILES string of the molecule is COCC(=O)Nc1cccc(-n2nc(C(C)(C)C)cc2[As]C(=O)Nc2ccc(Oc3ccncc3)cc2)c1. The van der Waals surface area contributed by atoms with E-state index in [1.165, 1.54) is 7.11 Å². The third-order valence-electron chi connectivity index (χ3n) is 5.32. The van der Waals surface area contributed by atoms with E-state index < -0.39 is 15.8 Å². The zero-order chi connectivity index (χ0) is 27.1. The molecule has 0 atom stereocenters. The Morgan fingerprint density at radius 2 is 1.63 bits per heavy atom. The fraction of sp³-hybridized carbons (Fsp3) is 0.214. The molecule has 0 bridgehead atoms. The number of carbonyl (C=O) groups is 2. The van der Waals surface area contributed by atoms with E-state index in [1.807, 2.05) is 24.3 Å². The quantitative estimate of drug-likeness (QED) is 0.285. The van der Waals surface area contributed by atoms with E-state index in [1.54, 1.807) is 59.5 Å². The van der Waals surface area contributed by atoms with E-state index in [4.69, 9.17) is 14.6 Å². The van der Waals surface area contributed by atoms with Crippen molar-refractivity contribution in [1.82, 2.24) is 14.8 Å². The molecular weight excluding hydrogens is 545 g/mol. The molecule has 9 nitrogen and oxygen atoms in total. The zero-order valence-electron chi connectivity index (χ0n) is 21.6. The van der Waals surface area contributed by atoms with Crippen molar-refractivity contribution >= 4 is 42.2 Å². The Bertz CT molecular complexity index is 1400. The van der Waals surface area contributed by atoms with Gasteiger partial charge < -0.3 is 0 Å². The van der Waals surface area contributed by atoms with Gasteiger partial charge in [-0.3, -0.25) is 0 Å². The second-order valence-electron chi connectivity index (χ2n) is 9.43. The summed E-state index contributed by atoms with van der Waals surface area (Å²) < 4.78 is 13.2. The number of nitrogens with zero attached hydrogens (tertiary/aromatic N) is 3. The summed E-state index contributed by atoms with van der Waals surface area (Å²) in [7, 11) is 1.47. The molecule has 2 aromatic carbocycles. The van der Waals surface area contributed by atoms with Crippen molar-refractivity contribution in [2.24, 2.45) is 0 Å². The van der Waals surface area contributed by atoms with Crippen molar-refractivity contribution in [3.63, 3.8) is 0 Å². The average Bonchev–Trinajstić information content (AvgIpc) is 3.30. The molecule has 0 saturated carbocycles. The van der Waals surface area contributed by atoms with Crippen molar-refractivity contribution < 1.29 is 19.1 Å². The Balaban J connectivity index is 1.50. The summed E-state index contributed by atoms with van der Waals surface area (Å²) in [6, 6.07) is 20.1. The van der Waals surface area contributed by atoms with Gasteiger partial charge in [-0.1, -0.05) is 0 Å². The molecular formula is C28H29AsN5O4. The molecule has 0 unspecified atom stereocenters. The molecule has 4 aromatic rings. The van der Waals surface area contributed by atoms with Gasteiger partial charge in [0, 0.05) is 0 Å². The van der Waals surface area contributed by atoms with Crippen molar-refractivity contribution in [3.8, 4) is 17.2 Å². The second kappa shape index (κ2) is 12.1. The number of methoxy groups -OCH3 is 1. The van der Waals surface area contributed by atoms with Crippen LogP contribution in [0.2, 0.25) is 0 Å². The van der Waals surface area contributed by atoms with E-state index in [0.29, 0.717) is 22.9 Å². The molecule has 0 saturated heterocycles. The number of ether oxygens (including phenoxy) is 2. The standard InChI is InChI=1S/C28H29AsN5O4/c1-28(2,3)24-17-25(34(33-24)21-7-5-6-20(16-21)31-26(35)18-37-4)29-27(36)32-19-8-10-22(11-9-19)38-23-12-14-30-15-13-23/h5-17H,18H2,1-4H3,(H,31,35)(H,32,36). The van der Waals surface area contributed by atoms with Gasteiger partial charge in [-0.2, -0.15) is 0 Å². The second-order valence-corrected chi connectivity index (χ2v) is 11.7. The summed E-state index contributed by atoms with van der Waals surface area (Å²) in [6.45, 7) is 6.21. The van der Waals surface area contributed by atoms with E-state index >= 15 is 0 Å². The summed E-state index contributed by atoms with van der Waals surface area (Å²) in [5, 5.41) is 10.6. The van der Waals surface area contributed by atoms with Gasteiger partial charge in [0.1, 0.15) is 0 Å². The van der Waals surface area contributed by atoms with Crippen LogP contribution < -0.4 is 19.9 Å². The zero-order valence-corrected chi connectivity index (χ0v) is 23.5. The molecule has 0 spiro atoms. The Hall–Kier alpha value is -3.94. The average molecular weight is 574 g/mol. The molecule has 1 radical (unpaired) electrons. The number of anilines is 2. The van der Waals surface area contributed by atoms with Crippen LogP contribution in [0, 0.1) is 0 Å². The number of pyridine rings is 1. The van der Waals surface area contributed by atoms with Crippen molar-refractivity contribution in [1.29, 1.82) is 0 Å². The van der Waals surface area contributed by atoms with Crippen LogP contribution in [0.5, 0.6) is 11.5 Å². The van der Waals surface area contributed by atoms with Gasteiger partial charge in [-0.25, -0.2) is 0 Å². The summed E-state index contributed by atoms with van der Waals surface area (Å²) in [4.78, 5) is 29.0. The van der Waals surface area contributed by atoms with Crippen LogP contribution in [0.1, 0.15) is 26.5 Å². The number of rotatable bonds is 9. The fourth-order valence-corrected chi connectivity index (χ4v) is 5.21. The molecule has 10 heteroatoms. The Morgan fingerprint density at radius 3 is 2.32 bits per heavy atom. The molecule has 4 rings (SSSR count). The minimum atomic E-state index is -0.933. The first kappa shape index (κ1) is 27.1. The number of nitrogens with one attached hydrogen (secondary N) is 2. The van der Waals surface area contributed by atoms with Crippen molar-refractivity contribution in [2.45, 2.75) is 26.2 Å². The van der Waals surface area contributed by atoms with E-state index in [0.717, 1.165) is 15.9 Å². The molecule has 2 N–H and O–H groups in total. The number of hydrogen-bond donors (Lipinski definition) is 2. The Morgan fingerprint density at radius 1 is 0.921 bits per heavy atom. The molecule has 0 aliphatic rings. The molecule has 0 aliphatic heterocycles. The summed E-state index contributed by atoms with van der Waals surface area (Å²) >= 11 is -0.933. The molecule has 0 fully saturated rings. The van der Waals surface area contributed by atoms with Crippen LogP contribution in [0.15, 0.2) is 79.1 Å². The van der Waals surface area contributed by atoms with E-state index in [9.17, 15) is 9.59 Å². The topological polar surface area (TPSA) is 107 Å². The van der Waals surface area contributed by atoms with Crippen LogP contribution in [-0.2, 0) is 14.9 Å². The maximum atomic E-state index is 13.1. The summed E-state index contributed by atoms with van der Waals surface area (Å²) in [6.07, 6.45) is 3.33. The molecule has 195 valence electrons. The number of amides is 2. The van der Waals surface area contributed by atoms with Crippen LogP contribution in [-0.4, -0.2) is 54.8 Å². The van der Waals surface area contributed by atoms with Crippen LogP contribution in [0.4, 0.5) is 16.2 Å². The molecule has 2 heterocycles. The van der Waals surface area contributed by atoms with E-state index in [2.05, 4.69) is 36.4 Å². The van der Waals surface area contributed by atoms with Gasteiger partial charge in [0.25, 0.3) is 0 Å². The number of hydrogen-bond acceptors (Lipinski definition) is 6. The Labute approximate surface area is 228 Å². The summed E-state index contributed by atoms with van der Waals surface area (Å²) in [5.74, 6) is 1.10. The summed E-state index contributed by atoms with van der Waals surface area (Å²) in [5.41, 5.74) is 2.73. The molecule has 38 heavy (non-hydrogen) atoms. The van der Waals surface area contributed by atoms with Gasteiger partial charge in [0.2, 0.25) is 0 Å². The molecule has 2 amide bonds. The Kier molecular flexibility index (Phi) is 8.61. The number of benzene rings is 2. The van der Waals surface area contributed by atoms with Gasteiger partial charge in [0.15, 0.2) is 0 Å². The minimum absolute atomic E-state index is 0.0346. The predicted molar refractivity (Wildman–Crippen MR) is 148 cm³/mol. The first-order valence-corrected chi connectivity index (χ1v) is 13.8. The number of carbonyl (C=O) groups excluding carboxylic acids is 2. The van der Waals surface area contributed by atoms with Gasteiger partial charge in [-0.05, 0) is 0 Å². The van der Waals surface area contributed by atoms with Crippen molar-refractivity contribution in [3.05, 3.63) is 84.8 Å². The maximum absolute atomic E-state index is 13.1. The monoisotopic (exact) mass is 574 g/mol. The van der Waals surface area contributed by atoms with Crippen LogP contribution in [0.25, 0.3) is 5.69 Å². The normalized spacial score (nSPS) is 11.5.